The normalized spacial score (nSPS) is 18.9. The van der Waals surface area contributed by atoms with E-state index in [1.165, 1.54) is 0 Å². The van der Waals surface area contributed by atoms with Crippen LogP contribution in [0.2, 0.25) is 0 Å². The fraction of sp³-hybridized carbons (Fsp3) is 0.269. The van der Waals surface area contributed by atoms with Crippen LogP contribution in [0.25, 0.3) is 0 Å². The number of rotatable bonds is 8. The van der Waals surface area contributed by atoms with Gasteiger partial charge >= 0.3 is 0 Å². The van der Waals surface area contributed by atoms with Crippen molar-refractivity contribution in [1.29, 1.82) is 0 Å². The number of hydrogen-bond donors (Lipinski definition) is 3. The third kappa shape index (κ3) is 5.16. The Hall–Kier alpha value is -3.00. The quantitative estimate of drug-likeness (QED) is 0.477. The van der Waals surface area contributed by atoms with Gasteiger partial charge in [0, 0.05) is 0 Å². The first-order valence-corrected chi connectivity index (χ1v) is 12.6. The summed E-state index contributed by atoms with van der Waals surface area (Å²) in [5.74, 6) is -0.137. The summed E-state index contributed by atoms with van der Waals surface area (Å²) in [6.07, 6.45) is 1.69. The highest BCUT2D eigenvalue weighted by atomic mass is 32.2. The Kier molecular flexibility index (Phi) is 6.93. The van der Waals surface area contributed by atoms with Crippen LogP contribution in [0, 0.1) is 0 Å². The molecule has 0 spiro atoms. The van der Waals surface area contributed by atoms with Gasteiger partial charge in [0.05, 0.1) is 22.5 Å². The maximum atomic E-state index is 13.5. The molecule has 7 heteroatoms. The van der Waals surface area contributed by atoms with Crippen LogP contribution in [-0.4, -0.2) is 26.9 Å². The highest BCUT2D eigenvalue weighted by Gasteiger charge is 2.42. The molecule has 0 radical (unpaired) electrons. The van der Waals surface area contributed by atoms with Crippen molar-refractivity contribution in [1.82, 2.24) is 15.4 Å². The van der Waals surface area contributed by atoms with E-state index in [9.17, 15) is 13.2 Å². The van der Waals surface area contributed by atoms with Crippen LogP contribution in [0.3, 0.4) is 0 Å². The number of amides is 1. The molecule has 172 valence electrons. The van der Waals surface area contributed by atoms with Crippen LogP contribution in [0.1, 0.15) is 36.9 Å². The Morgan fingerprint density at radius 2 is 1.52 bits per heavy atom. The van der Waals surface area contributed by atoms with E-state index < -0.39 is 21.6 Å². The molecule has 3 N–H and O–H groups in total. The Morgan fingerprint density at radius 3 is 2.09 bits per heavy atom. The number of sulfonamides is 1. The summed E-state index contributed by atoms with van der Waals surface area (Å²) in [4.78, 5) is 13.4. The van der Waals surface area contributed by atoms with Crippen molar-refractivity contribution in [2.75, 3.05) is 6.54 Å². The number of hydrogen-bond acceptors (Lipinski definition) is 4. The standard InChI is InChI=1S/C26H29N3O3S/c1-26(21-14-7-3-8-15-21,29-33(31,32)22-16-9-4-10-17-22)24(20-12-5-2-6-13-20)28-25(30)23-18-11-19-27-23/h2-10,12-17,23-24,27,29H,11,18-19H2,1H3,(H,28,30)/t23-,24+,26+/m0/s1. The van der Waals surface area contributed by atoms with Crippen LogP contribution in [-0.2, 0) is 20.4 Å². The van der Waals surface area contributed by atoms with E-state index in [1.54, 1.807) is 30.3 Å². The first kappa shape index (κ1) is 23.2. The maximum absolute atomic E-state index is 13.5. The molecule has 0 saturated carbocycles. The molecule has 0 aliphatic carbocycles. The lowest BCUT2D eigenvalue weighted by molar-refractivity contribution is -0.124. The minimum Gasteiger partial charge on any atom is -0.346 e. The average molecular weight is 464 g/mol. The molecule has 1 amide bonds. The molecule has 3 atom stereocenters. The van der Waals surface area contributed by atoms with Crippen molar-refractivity contribution in [2.24, 2.45) is 0 Å². The monoisotopic (exact) mass is 463 g/mol. The van der Waals surface area contributed by atoms with Gasteiger partial charge in [-0.25, -0.2) is 8.42 Å². The molecule has 0 bridgehead atoms. The topological polar surface area (TPSA) is 87.3 Å². The Labute approximate surface area is 195 Å². The largest absolute Gasteiger partial charge is 0.346 e. The molecule has 1 heterocycles. The van der Waals surface area contributed by atoms with Gasteiger partial charge in [0.2, 0.25) is 15.9 Å². The van der Waals surface area contributed by atoms with E-state index in [1.807, 2.05) is 67.6 Å². The molecular weight excluding hydrogens is 434 g/mol. The van der Waals surface area contributed by atoms with Crippen LogP contribution in [0.5, 0.6) is 0 Å². The molecular formula is C26H29N3O3S. The summed E-state index contributed by atoms with van der Waals surface area (Å²) in [5, 5.41) is 6.39. The van der Waals surface area contributed by atoms with Crippen LogP contribution in [0.15, 0.2) is 95.9 Å². The molecule has 1 saturated heterocycles. The lowest BCUT2D eigenvalue weighted by Crippen LogP contribution is -2.55. The Morgan fingerprint density at radius 1 is 0.939 bits per heavy atom. The van der Waals surface area contributed by atoms with Crippen LogP contribution < -0.4 is 15.4 Å². The zero-order valence-corrected chi connectivity index (χ0v) is 19.4. The van der Waals surface area contributed by atoms with Crippen molar-refractivity contribution in [3.05, 3.63) is 102 Å². The number of nitrogens with one attached hydrogen (secondary N) is 3. The molecule has 0 aromatic heterocycles. The summed E-state index contributed by atoms with van der Waals surface area (Å²) >= 11 is 0. The summed E-state index contributed by atoms with van der Waals surface area (Å²) < 4.78 is 29.9. The predicted molar refractivity (Wildman–Crippen MR) is 129 cm³/mol. The highest BCUT2D eigenvalue weighted by Crippen LogP contribution is 2.37. The second-order valence-corrected chi connectivity index (χ2v) is 10.2. The third-order valence-corrected chi connectivity index (χ3v) is 7.73. The van der Waals surface area contributed by atoms with Gasteiger partial charge in [0.1, 0.15) is 0 Å². The average Bonchev–Trinajstić information content (AvgIpc) is 3.39. The van der Waals surface area contributed by atoms with Crippen LogP contribution in [0.4, 0.5) is 0 Å². The zero-order valence-electron chi connectivity index (χ0n) is 18.6. The number of carbonyl (C=O) groups is 1. The second-order valence-electron chi connectivity index (χ2n) is 8.49. The lowest BCUT2D eigenvalue weighted by Gasteiger charge is -2.40. The molecule has 4 rings (SSSR count). The molecule has 33 heavy (non-hydrogen) atoms. The van der Waals surface area contributed by atoms with Crippen molar-refractivity contribution >= 4 is 15.9 Å². The van der Waals surface area contributed by atoms with Gasteiger partial charge in [-0.1, -0.05) is 78.9 Å². The van der Waals surface area contributed by atoms with Gasteiger partial charge in [0.15, 0.2) is 0 Å². The summed E-state index contributed by atoms with van der Waals surface area (Å²) in [6.45, 7) is 2.62. The molecule has 6 nitrogen and oxygen atoms in total. The van der Waals surface area contributed by atoms with E-state index >= 15 is 0 Å². The highest BCUT2D eigenvalue weighted by molar-refractivity contribution is 7.89. The van der Waals surface area contributed by atoms with Gasteiger partial charge in [-0.3, -0.25) is 4.79 Å². The van der Waals surface area contributed by atoms with Crippen molar-refractivity contribution < 1.29 is 13.2 Å². The zero-order chi connectivity index (χ0) is 23.3. The minimum absolute atomic E-state index is 0.137. The predicted octanol–water partition coefficient (Wildman–Crippen LogP) is 3.49. The van der Waals surface area contributed by atoms with Crippen molar-refractivity contribution in [2.45, 2.75) is 42.3 Å². The molecule has 1 aliphatic rings. The fourth-order valence-electron chi connectivity index (χ4n) is 4.36. The maximum Gasteiger partial charge on any atom is 0.241 e. The SMILES string of the molecule is C[C@@](NS(=O)(=O)c1ccccc1)(c1ccccc1)[C@H](NC(=O)[C@@H]1CCCN1)c1ccccc1. The fourth-order valence-corrected chi connectivity index (χ4v) is 5.79. The summed E-state index contributed by atoms with van der Waals surface area (Å²) in [7, 11) is -3.89. The van der Waals surface area contributed by atoms with Crippen molar-refractivity contribution in [3.63, 3.8) is 0 Å². The van der Waals surface area contributed by atoms with Gasteiger partial charge in [0.25, 0.3) is 0 Å². The first-order chi connectivity index (χ1) is 15.9. The van der Waals surface area contributed by atoms with Gasteiger partial charge in [-0.15, -0.1) is 0 Å². The van der Waals surface area contributed by atoms with E-state index in [0.717, 1.165) is 30.5 Å². The second kappa shape index (κ2) is 9.87. The lowest BCUT2D eigenvalue weighted by atomic mass is 9.81. The first-order valence-electron chi connectivity index (χ1n) is 11.1. The molecule has 0 unspecified atom stereocenters. The van der Waals surface area contributed by atoms with Gasteiger partial charge in [-0.05, 0) is 49.6 Å². The van der Waals surface area contributed by atoms with Crippen LogP contribution >= 0.6 is 0 Å². The molecule has 3 aromatic rings. The molecule has 1 fully saturated rings. The summed E-state index contributed by atoms with van der Waals surface area (Å²) in [6, 6.07) is 26.2. The van der Waals surface area contributed by atoms with Gasteiger partial charge in [-0.2, -0.15) is 4.72 Å². The smallest absolute Gasteiger partial charge is 0.241 e. The number of carbonyl (C=O) groups excluding carboxylic acids is 1. The minimum atomic E-state index is -3.89. The molecule has 1 aliphatic heterocycles. The summed E-state index contributed by atoms with van der Waals surface area (Å²) in [5.41, 5.74) is 0.398. The molecule has 3 aromatic carbocycles. The third-order valence-electron chi connectivity index (χ3n) is 6.15. The van der Waals surface area contributed by atoms with E-state index in [-0.39, 0.29) is 16.8 Å². The Balaban J connectivity index is 1.80. The number of benzene rings is 3. The van der Waals surface area contributed by atoms with Gasteiger partial charge < -0.3 is 10.6 Å². The van der Waals surface area contributed by atoms with E-state index in [0.29, 0.717) is 0 Å². The van der Waals surface area contributed by atoms with E-state index in [4.69, 9.17) is 0 Å². The Bertz CT molecular complexity index is 1170. The van der Waals surface area contributed by atoms with E-state index in [2.05, 4.69) is 15.4 Å². The van der Waals surface area contributed by atoms with Crippen molar-refractivity contribution in [3.8, 4) is 0 Å².